The third-order valence-corrected chi connectivity index (χ3v) is 2.24. The average molecular weight is 240 g/mol. The smallest absolute Gasteiger partial charge is 0.181 e. The van der Waals surface area contributed by atoms with Crippen LogP contribution >= 0.6 is 0 Å². The zero-order chi connectivity index (χ0) is 12.8. The van der Waals surface area contributed by atoms with Crippen LogP contribution in [0, 0.1) is 0 Å². The number of nitrogens with two attached hydrogens (primary N) is 1. The minimum atomic E-state index is -1.80. The highest BCUT2D eigenvalue weighted by molar-refractivity contribution is 5.90. The van der Waals surface area contributed by atoms with Gasteiger partial charge >= 0.3 is 0 Å². The zero-order valence-electron chi connectivity index (χ0n) is 9.90. The molecule has 0 unspecified atom stereocenters. The molecule has 0 fully saturated rings. The van der Waals surface area contributed by atoms with Gasteiger partial charge in [0.15, 0.2) is 5.60 Å². The van der Waals surface area contributed by atoms with Crippen LogP contribution in [-0.4, -0.2) is 43.6 Å². The van der Waals surface area contributed by atoms with E-state index in [2.05, 4.69) is 4.99 Å². The SMILES string of the molecule is CC.C[C@]1(CF)COC(CF)(CF)C(N)=N1. The van der Waals surface area contributed by atoms with Crippen molar-refractivity contribution in [3.8, 4) is 0 Å². The van der Waals surface area contributed by atoms with Crippen molar-refractivity contribution < 1.29 is 17.9 Å². The summed E-state index contributed by atoms with van der Waals surface area (Å²) in [6.45, 7) is 2.34. The molecule has 1 atom stereocenters. The molecular formula is C10H19F3N2O. The average Bonchev–Trinajstić information content (AvgIpc) is 2.33. The van der Waals surface area contributed by atoms with Crippen LogP contribution in [0.5, 0.6) is 0 Å². The molecule has 2 N–H and O–H groups in total. The van der Waals surface area contributed by atoms with Crippen LogP contribution in [-0.2, 0) is 4.74 Å². The topological polar surface area (TPSA) is 47.6 Å². The van der Waals surface area contributed by atoms with E-state index in [1.807, 2.05) is 13.8 Å². The highest BCUT2D eigenvalue weighted by Gasteiger charge is 2.44. The van der Waals surface area contributed by atoms with Gasteiger partial charge in [0.25, 0.3) is 0 Å². The summed E-state index contributed by atoms with van der Waals surface area (Å²) in [6, 6.07) is 0. The fourth-order valence-electron chi connectivity index (χ4n) is 1.11. The number of hydrogen-bond donors (Lipinski definition) is 1. The fourth-order valence-corrected chi connectivity index (χ4v) is 1.11. The third-order valence-electron chi connectivity index (χ3n) is 2.24. The second-order valence-electron chi connectivity index (χ2n) is 3.68. The summed E-state index contributed by atoms with van der Waals surface area (Å²) in [5, 5.41) is 0. The first-order valence-electron chi connectivity index (χ1n) is 5.19. The van der Waals surface area contributed by atoms with Gasteiger partial charge in [-0.2, -0.15) is 0 Å². The monoisotopic (exact) mass is 240 g/mol. The first kappa shape index (κ1) is 15.2. The molecule has 0 saturated heterocycles. The molecule has 1 aliphatic rings. The van der Waals surface area contributed by atoms with Crippen molar-refractivity contribution in [2.24, 2.45) is 10.7 Å². The van der Waals surface area contributed by atoms with Crippen molar-refractivity contribution in [1.29, 1.82) is 0 Å². The Kier molecular flexibility index (Phi) is 5.78. The van der Waals surface area contributed by atoms with E-state index >= 15 is 0 Å². The lowest BCUT2D eigenvalue weighted by Gasteiger charge is -2.37. The lowest BCUT2D eigenvalue weighted by Crippen LogP contribution is -2.58. The summed E-state index contributed by atoms with van der Waals surface area (Å²) in [6.07, 6.45) is 0. The summed E-state index contributed by atoms with van der Waals surface area (Å²) < 4.78 is 42.4. The van der Waals surface area contributed by atoms with Crippen molar-refractivity contribution in [1.82, 2.24) is 0 Å². The number of ether oxygens (including phenoxy) is 1. The number of nitrogens with zero attached hydrogens (tertiary/aromatic N) is 1. The van der Waals surface area contributed by atoms with E-state index in [0.29, 0.717) is 0 Å². The normalized spacial score (nSPS) is 27.8. The zero-order valence-corrected chi connectivity index (χ0v) is 9.90. The van der Waals surface area contributed by atoms with Crippen LogP contribution < -0.4 is 5.73 Å². The highest BCUT2D eigenvalue weighted by Crippen LogP contribution is 2.25. The number of halogens is 3. The summed E-state index contributed by atoms with van der Waals surface area (Å²) >= 11 is 0. The first-order chi connectivity index (χ1) is 7.52. The summed E-state index contributed by atoms with van der Waals surface area (Å²) in [7, 11) is 0. The van der Waals surface area contributed by atoms with E-state index in [-0.39, 0.29) is 12.4 Å². The third kappa shape index (κ3) is 2.87. The maximum atomic E-state index is 12.5. The molecule has 0 spiro atoms. The van der Waals surface area contributed by atoms with Gasteiger partial charge in [0.05, 0.1) is 6.61 Å². The maximum Gasteiger partial charge on any atom is 0.181 e. The van der Waals surface area contributed by atoms with Crippen LogP contribution in [0.15, 0.2) is 4.99 Å². The van der Waals surface area contributed by atoms with Gasteiger partial charge in [-0.1, -0.05) is 13.8 Å². The van der Waals surface area contributed by atoms with E-state index in [0.717, 1.165) is 0 Å². The number of rotatable bonds is 3. The number of alkyl halides is 3. The van der Waals surface area contributed by atoms with E-state index < -0.39 is 31.2 Å². The van der Waals surface area contributed by atoms with E-state index in [1.54, 1.807) is 0 Å². The summed E-state index contributed by atoms with van der Waals surface area (Å²) in [5.74, 6) is -0.311. The molecule has 0 saturated carbocycles. The highest BCUT2D eigenvalue weighted by atomic mass is 19.1. The van der Waals surface area contributed by atoms with Gasteiger partial charge in [-0.25, -0.2) is 13.2 Å². The molecule has 1 heterocycles. The molecule has 0 bridgehead atoms. The van der Waals surface area contributed by atoms with Crippen LogP contribution in [0.1, 0.15) is 20.8 Å². The quantitative estimate of drug-likeness (QED) is 0.817. The second-order valence-corrected chi connectivity index (χ2v) is 3.68. The van der Waals surface area contributed by atoms with Gasteiger partial charge in [0, 0.05) is 0 Å². The Morgan fingerprint density at radius 2 is 1.75 bits per heavy atom. The molecule has 3 nitrogen and oxygen atoms in total. The van der Waals surface area contributed by atoms with Gasteiger partial charge in [-0.3, -0.25) is 4.99 Å². The van der Waals surface area contributed by atoms with Gasteiger partial charge in [-0.15, -0.1) is 0 Å². The maximum absolute atomic E-state index is 12.5. The van der Waals surface area contributed by atoms with Crippen LogP contribution in [0.2, 0.25) is 0 Å². The van der Waals surface area contributed by atoms with Gasteiger partial charge < -0.3 is 10.5 Å². The number of hydrogen-bond acceptors (Lipinski definition) is 3. The molecule has 0 amide bonds. The predicted molar refractivity (Wildman–Crippen MR) is 58.0 cm³/mol. The molecule has 1 rings (SSSR count). The van der Waals surface area contributed by atoms with E-state index in [1.165, 1.54) is 6.92 Å². The van der Waals surface area contributed by atoms with E-state index in [9.17, 15) is 13.2 Å². The Morgan fingerprint density at radius 3 is 2.06 bits per heavy atom. The molecular weight excluding hydrogens is 221 g/mol. The standard InChI is InChI=1S/C8H13F3N2O.C2H6/c1-7(2-9)5-14-8(3-10,4-11)6(12)13-7;1-2/h2-5H2,1H3,(H2,12,13);1-2H3/t7-;/m0./s1. The van der Waals surface area contributed by atoms with Gasteiger partial charge in [-0.05, 0) is 6.92 Å². The van der Waals surface area contributed by atoms with Crippen molar-refractivity contribution >= 4 is 5.84 Å². The minimum absolute atomic E-state index is 0.169. The number of aliphatic imine (C=N–C) groups is 1. The van der Waals surface area contributed by atoms with Crippen molar-refractivity contribution in [2.45, 2.75) is 31.9 Å². The molecule has 0 aliphatic carbocycles. The lowest BCUT2D eigenvalue weighted by atomic mass is 9.99. The minimum Gasteiger partial charge on any atom is -0.385 e. The van der Waals surface area contributed by atoms with Crippen LogP contribution in [0.3, 0.4) is 0 Å². The summed E-state index contributed by atoms with van der Waals surface area (Å²) in [5.41, 5.74) is 2.45. The molecule has 1 aliphatic heterocycles. The van der Waals surface area contributed by atoms with Crippen molar-refractivity contribution in [2.75, 3.05) is 26.6 Å². The van der Waals surface area contributed by atoms with Crippen LogP contribution in [0.25, 0.3) is 0 Å². The Balaban J connectivity index is 0.00000106. The van der Waals surface area contributed by atoms with Crippen LogP contribution in [0.4, 0.5) is 13.2 Å². The Labute approximate surface area is 93.9 Å². The molecule has 0 aromatic carbocycles. The number of amidine groups is 1. The Morgan fingerprint density at radius 1 is 1.25 bits per heavy atom. The largest absolute Gasteiger partial charge is 0.385 e. The fraction of sp³-hybridized carbons (Fsp3) is 0.900. The molecule has 0 aromatic rings. The van der Waals surface area contributed by atoms with Crippen molar-refractivity contribution in [3.63, 3.8) is 0 Å². The molecule has 6 heteroatoms. The van der Waals surface area contributed by atoms with E-state index in [4.69, 9.17) is 10.5 Å². The lowest BCUT2D eigenvalue weighted by molar-refractivity contribution is -0.0591. The molecule has 16 heavy (non-hydrogen) atoms. The van der Waals surface area contributed by atoms with Gasteiger partial charge in [0.1, 0.15) is 31.4 Å². The van der Waals surface area contributed by atoms with Gasteiger partial charge in [0.2, 0.25) is 0 Å². The first-order valence-corrected chi connectivity index (χ1v) is 5.19. The molecule has 96 valence electrons. The second kappa shape index (κ2) is 6.08. The predicted octanol–water partition coefficient (Wildman–Crippen LogP) is 1.81. The molecule has 0 aromatic heterocycles. The Hall–Kier alpha value is -0.780. The summed E-state index contributed by atoms with van der Waals surface area (Å²) in [4.78, 5) is 3.74. The van der Waals surface area contributed by atoms with Crippen molar-refractivity contribution in [3.05, 3.63) is 0 Å². The molecule has 0 radical (unpaired) electrons. The Bertz CT molecular complexity index is 244.